The fourth-order valence-electron chi connectivity index (χ4n) is 1.30. The fraction of sp³-hybridized carbons (Fsp3) is 0.800. The second kappa shape index (κ2) is 5.76. The van der Waals surface area contributed by atoms with Crippen LogP contribution in [0.15, 0.2) is 0 Å². The Kier molecular flexibility index (Phi) is 5.76. The van der Waals surface area contributed by atoms with Crippen LogP contribution in [0, 0.1) is 25.7 Å². The predicted molar refractivity (Wildman–Crippen MR) is 47.5 cm³/mol. The second-order valence-corrected chi connectivity index (χ2v) is 3.14. The highest BCUT2D eigenvalue weighted by atomic mass is 14.1. The van der Waals surface area contributed by atoms with Crippen LogP contribution in [-0.4, -0.2) is 0 Å². The van der Waals surface area contributed by atoms with Crippen molar-refractivity contribution in [3.05, 3.63) is 13.8 Å². The lowest BCUT2D eigenvalue weighted by Gasteiger charge is -2.17. The van der Waals surface area contributed by atoms with E-state index in [1.807, 2.05) is 0 Å². The highest BCUT2D eigenvalue weighted by Crippen LogP contribution is 2.20. The van der Waals surface area contributed by atoms with Crippen LogP contribution in [-0.2, 0) is 0 Å². The van der Waals surface area contributed by atoms with E-state index in [1.54, 1.807) is 0 Å². The Bertz CT molecular complexity index is 64.4. The molecule has 0 aromatic rings. The maximum absolute atomic E-state index is 4.04. The molecule has 0 rings (SSSR count). The van der Waals surface area contributed by atoms with Crippen molar-refractivity contribution in [3.63, 3.8) is 0 Å². The smallest absolute Gasteiger partial charge is 0.0391 e. The van der Waals surface area contributed by atoms with Crippen molar-refractivity contribution >= 4 is 0 Å². The molecule has 0 nitrogen and oxygen atoms in total. The van der Waals surface area contributed by atoms with Crippen LogP contribution in [0.3, 0.4) is 0 Å². The highest BCUT2D eigenvalue weighted by molar-refractivity contribution is 4.66. The van der Waals surface area contributed by atoms with Crippen LogP contribution in [0.1, 0.15) is 39.5 Å². The first kappa shape index (κ1) is 10.0. The molecule has 10 heavy (non-hydrogen) atoms. The fourth-order valence-corrected chi connectivity index (χ4v) is 1.30. The summed E-state index contributed by atoms with van der Waals surface area (Å²) in [6.45, 7) is 12.3. The summed E-state index contributed by atoms with van der Waals surface area (Å²) in [6, 6.07) is 0. The lowest BCUT2D eigenvalue weighted by molar-refractivity contribution is 0.368. The summed E-state index contributed by atoms with van der Waals surface area (Å²) in [5.41, 5.74) is 0. The molecule has 2 unspecified atom stereocenters. The van der Waals surface area contributed by atoms with E-state index in [0.717, 1.165) is 12.3 Å². The van der Waals surface area contributed by atoms with Gasteiger partial charge in [-0.15, -0.1) is 0 Å². The molecule has 0 saturated carbocycles. The van der Waals surface area contributed by atoms with E-state index in [4.69, 9.17) is 0 Å². The van der Waals surface area contributed by atoms with Crippen LogP contribution < -0.4 is 0 Å². The third kappa shape index (κ3) is 3.92. The molecule has 2 radical (unpaired) electrons. The molecule has 2 atom stereocenters. The Morgan fingerprint density at radius 1 is 1.40 bits per heavy atom. The van der Waals surface area contributed by atoms with Crippen LogP contribution in [0.4, 0.5) is 0 Å². The molecule has 0 aliphatic rings. The van der Waals surface area contributed by atoms with Gasteiger partial charge in [-0.1, -0.05) is 53.4 Å². The monoisotopic (exact) mass is 140 g/mol. The largest absolute Gasteiger partial charge is 0.0651 e. The topological polar surface area (TPSA) is 0 Å². The summed E-state index contributed by atoms with van der Waals surface area (Å²) >= 11 is 0. The highest BCUT2D eigenvalue weighted by Gasteiger charge is 2.09. The van der Waals surface area contributed by atoms with Gasteiger partial charge in [0.2, 0.25) is 0 Å². The van der Waals surface area contributed by atoms with Crippen molar-refractivity contribution in [3.8, 4) is 0 Å². The van der Waals surface area contributed by atoms with Crippen LogP contribution >= 0.6 is 0 Å². The van der Waals surface area contributed by atoms with Gasteiger partial charge in [0.15, 0.2) is 0 Å². The summed E-state index contributed by atoms with van der Waals surface area (Å²) in [7, 11) is 0. The third-order valence-electron chi connectivity index (χ3n) is 2.15. The lowest BCUT2D eigenvalue weighted by atomic mass is 9.89. The minimum atomic E-state index is 0.608. The SMILES string of the molecule is [CH2]CCCC(CC)C([CH2])C. The van der Waals surface area contributed by atoms with Gasteiger partial charge in [-0.3, -0.25) is 0 Å². The quantitative estimate of drug-likeness (QED) is 0.548. The lowest BCUT2D eigenvalue weighted by Crippen LogP contribution is -2.06. The van der Waals surface area contributed by atoms with E-state index in [2.05, 4.69) is 27.7 Å². The van der Waals surface area contributed by atoms with Crippen molar-refractivity contribution < 1.29 is 0 Å². The van der Waals surface area contributed by atoms with Gasteiger partial charge >= 0.3 is 0 Å². The predicted octanol–water partition coefficient (Wildman–Crippen LogP) is 3.49. The van der Waals surface area contributed by atoms with E-state index in [9.17, 15) is 0 Å². The number of rotatable bonds is 5. The first-order valence-corrected chi connectivity index (χ1v) is 4.34. The van der Waals surface area contributed by atoms with Gasteiger partial charge in [-0.05, 0) is 11.8 Å². The van der Waals surface area contributed by atoms with Crippen LogP contribution in [0.5, 0.6) is 0 Å². The molecule has 0 N–H and O–H groups in total. The zero-order chi connectivity index (χ0) is 7.98. The molecule has 0 heterocycles. The minimum absolute atomic E-state index is 0.608. The zero-order valence-electron chi connectivity index (χ0n) is 7.40. The molecule has 0 aromatic carbocycles. The first-order valence-electron chi connectivity index (χ1n) is 4.34. The molecule has 0 saturated heterocycles. The molecule has 0 heteroatoms. The van der Waals surface area contributed by atoms with Gasteiger partial charge in [0, 0.05) is 0 Å². The molecule has 0 aliphatic carbocycles. The van der Waals surface area contributed by atoms with Crippen molar-refractivity contribution in [1.29, 1.82) is 0 Å². The Labute approximate surface area is 66.0 Å². The summed E-state index contributed by atoms with van der Waals surface area (Å²) in [5, 5.41) is 0. The molecule has 0 fully saturated rings. The van der Waals surface area contributed by atoms with E-state index in [0.29, 0.717) is 5.92 Å². The van der Waals surface area contributed by atoms with Gasteiger partial charge in [-0.25, -0.2) is 0 Å². The third-order valence-corrected chi connectivity index (χ3v) is 2.15. The number of unbranched alkanes of at least 4 members (excludes halogenated alkanes) is 1. The molecular weight excluding hydrogens is 120 g/mol. The zero-order valence-corrected chi connectivity index (χ0v) is 7.40. The van der Waals surface area contributed by atoms with E-state index >= 15 is 0 Å². The average Bonchev–Trinajstić information content (AvgIpc) is 1.89. The standard InChI is InChI=1S/C10H20/c1-5-7-8-10(6-2)9(3)4/h9-10H,1,3,5-8H2,2,4H3. The molecule has 0 spiro atoms. The van der Waals surface area contributed by atoms with Crippen LogP contribution in [0.25, 0.3) is 0 Å². The molecular formula is C10H20. The van der Waals surface area contributed by atoms with Crippen molar-refractivity contribution in [2.45, 2.75) is 39.5 Å². The second-order valence-electron chi connectivity index (χ2n) is 3.14. The first-order chi connectivity index (χ1) is 4.72. The van der Waals surface area contributed by atoms with E-state index < -0.39 is 0 Å². The Hall–Kier alpha value is 0. The summed E-state index contributed by atoms with van der Waals surface area (Å²) in [4.78, 5) is 0. The molecule has 0 bridgehead atoms. The molecule has 0 aliphatic heterocycles. The van der Waals surface area contributed by atoms with Crippen molar-refractivity contribution in [1.82, 2.24) is 0 Å². The van der Waals surface area contributed by atoms with Gasteiger partial charge in [0.1, 0.15) is 0 Å². The van der Waals surface area contributed by atoms with Gasteiger partial charge in [0.05, 0.1) is 0 Å². The number of hydrogen-bond acceptors (Lipinski definition) is 0. The van der Waals surface area contributed by atoms with E-state index in [-0.39, 0.29) is 0 Å². The van der Waals surface area contributed by atoms with Gasteiger partial charge in [-0.2, -0.15) is 0 Å². The van der Waals surface area contributed by atoms with Crippen molar-refractivity contribution in [2.24, 2.45) is 11.8 Å². The van der Waals surface area contributed by atoms with Gasteiger partial charge in [0.25, 0.3) is 0 Å². The molecule has 60 valence electrons. The molecule has 0 aromatic heterocycles. The Morgan fingerprint density at radius 2 is 2.00 bits per heavy atom. The van der Waals surface area contributed by atoms with Crippen LogP contribution in [0.2, 0.25) is 0 Å². The average molecular weight is 140 g/mol. The van der Waals surface area contributed by atoms with E-state index in [1.165, 1.54) is 19.3 Å². The normalized spacial score (nSPS) is 14.1. The maximum atomic E-state index is 4.04. The number of hydrogen-bond donors (Lipinski definition) is 0. The molecule has 0 amide bonds. The van der Waals surface area contributed by atoms with Gasteiger partial charge < -0.3 is 0 Å². The Morgan fingerprint density at radius 3 is 2.30 bits per heavy atom. The Balaban J connectivity index is 3.40. The summed E-state index contributed by atoms with van der Waals surface area (Å²) in [5.74, 6) is 1.43. The summed E-state index contributed by atoms with van der Waals surface area (Å²) in [6.07, 6.45) is 4.91. The minimum Gasteiger partial charge on any atom is -0.0651 e. The van der Waals surface area contributed by atoms with Crippen molar-refractivity contribution in [2.75, 3.05) is 0 Å². The summed E-state index contributed by atoms with van der Waals surface area (Å²) < 4.78 is 0. The maximum Gasteiger partial charge on any atom is -0.0391 e.